The van der Waals surface area contributed by atoms with E-state index in [-0.39, 0.29) is 0 Å². The molecule has 22 heavy (non-hydrogen) atoms. The van der Waals surface area contributed by atoms with Crippen LogP contribution in [0.5, 0.6) is 5.75 Å². The van der Waals surface area contributed by atoms with Gasteiger partial charge in [0, 0.05) is 24.4 Å². The molecular formula is C18H16N2O2. The van der Waals surface area contributed by atoms with Crippen LogP contribution in [0.4, 0.5) is 0 Å². The number of aromatic nitrogens is 1. The second kappa shape index (κ2) is 6.33. The molecule has 110 valence electrons. The zero-order valence-electron chi connectivity index (χ0n) is 12.3. The molecule has 0 bridgehead atoms. The van der Waals surface area contributed by atoms with Crippen molar-refractivity contribution in [3.05, 3.63) is 60.3 Å². The Morgan fingerprint density at radius 3 is 2.59 bits per heavy atom. The summed E-state index contributed by atoms with van der Waals surface area (Å²) in [5.74, 6) is 0.823. The van der Waals surface area contributed by atoms with Crippen molar-refractivity contribution < 1.29 is 9.47 Å². The van der Waals surface area contributed by atoms with Crippen LogP contribution in [0, 0.1) is 11.3 Å². The fraction of sp³-hybridized carbons (Fsp3) is 0.167. The molecule has 3 aromatic rings. The Labute approximate surface area is 129 Å². The summed E-state index contributed by atoms with van der Waals surface area (Å²) >= 11 is 0. The highest BCUT2D eigenvalue weighted by molar-refractivity contribution is 5.83. The Hall–Kier alpha value is -2.77. The summed E-state index contributed by atoms with van der Waals surface area (Å²) in [5, 5.41) is 10.0. The fourth-order valence-corrected chi connectivity index (χ4v) is 2.38. The predicted molar refractivity (Wildman–Crippen MR) is 85.4 cm³/mol. The van der Waals surface area contributed by atoms with Gasteiger partial charge < -0.3 is 14.0 Å². The first-order chi connectivity index (χ1) is 10.8. The lowest BCUT2D eigenvalue weighted by Gasteiger charge is -2.08. The number of methoxy groups -OCH3 is 1. The van der Waals surface area contributed by atoms with Crippen LogP contribution < -0.4 is 4.74 Å². The molecule has 0 spiro atoms. The number of fused-ring (bicyclic) bond motifs is 1. The van der Waals surface area contributed by atoms with E-state index in [4.69, 9.17) is 14.7 Å². The van der Waals surface area contributed by atoms with Crippen molar-refractivity contribution in [2.24, 2.45) is 0 Å². The van der Waals surface area contributed by atoms with Gasteiger partial charge in [0.2, 0.25) is 0 Å². The second-order valence-electron chi connectivity index (χ2n) is 4.91. The lowest BCUT2D eigenvalue weighted by atomic mass is 10.2. The van der Waals surface area contributed by atoms with Crippen molar-refractivity contribution in [2.45, 2.75) is 0 Å². The van der Waals surface area contributed by atoms with Gasteiger partial charge in [0.25, 0.3) is 0 Å². The number of benzene rings is 2. The van der Waals surface area contributed by atoms with Crippen LogP contribution >= 0.6 is 0 Å². The fourth-order valence-electron chi connectivity index (χ4n) is 2.38. The van der Waals surface area contributed by atoms with E-state index < -0.39 is 0 Å². The van der Waals surface area contributed by atoms with Gasteiger partial charge in [-0.05, 0) is 48.5 Å². The van der Waals surface area contributed by atoms with E-state index >= 15 is 0 Å². The van der Waals surface area contributed by atoms with Crippen molar-refractivity contribution in [2.75, 3.05) is 20.3 Å². The van der Waals surface area contributed by atoms with E-state index in [2.05, 4.69) is 10.6 Å². The van der Waals surface area contributed by atoms with Crippen LogP contribution in [0.15, 0.2) is 54.7 Å². The van der Waals surface area contributed by atoms with Gasteiger partial charge in [-0.25, -0.2) is 0 Å². The van der Waals surface area contributed by atoms with Crippen LogP contribution in [-0.2, 0) is 4.74 Å². The van der Waals surface area contributed by atoms with Crippen molar-refractivity contribution in [1.82, 2.24) is 4.57 Å². The smallest absolute Gasteiger partial charge is 0.119 e. The minimum Gasteiger partial charge on any atom is -0.491 e. The molecule has 0 aliphatic rings. The van der Waals surface area contributed by atoms with Gasteiger partial charge in [0.15, 0.2) is 0 Å². The quantitative estimate of drug-likeness (QED) is 0.676. The Morgan fingerprint density at radius 2 is 1.86 bits per heavy atom. The third kappa shape index (κ3) is 2.80. The molecule has 0 saturated heterocycles. The zero-order chi connectivity index (χ0) is 15.4. The topological polar surface area (TPSA) is 47.2 Å². The van der Waals surface area contributed by atoms with E-state index in [1.807, 2.05) is 54.7 Å². The van der Waals surface area contributed by atoms with Gasteiger partial charge >= 0.3 is 0 Å². The molecule has 0 aliphatic heterocycles. The zero-order valence-corrected chi connectivity index (χ0v) is 12.3. The monoisotopic (exact) mass is 292 g/mol. The summed E-state index contributed by atoms with van der Waals surface area (Å²) < 4.78 is 12.6. The number of nitriles is 1. The summed E-state index contributed by atoms with van der Waals surface area (Å²) in [7, 11) is 1.65. The molecule has 4 nitrogen and oxygen atoms in total. The summed E-state index contributed by atoms with van der Waals surface area (Å²) in [4.78, 5) is 0. The van der Waals surface area contributed by atoms with Gasteiger partial charge in [-0.2, -0.15) is 5.26 Å². The summed E-state index contributed by atoms with van der Waals surface area (Å²) in [6, 6.07) is 17.8. The lowest BCUT2D eigenvalue weighted by Crippen LogP contribution is -2.04. The van der Waals surface area contributed by atoms with E-state index in [1.165, 1.54) is 0 Å². The van der Waals surface area contributed by atoms with E-state index in [1.54, 1.807) is 7.11 Å². The molecule has 1 heterocycles. The molecule has 0 atom stereocenters. The highest BCUT2D eigenvalue weighted by atomic mass is 16.5. The molecule has 2 aromatic carbocycles. The minimum absolute atomic E-state index is 0.541. The predicted octanol–water partition coefficient (Wildman–Crippen LogP) is 3.53. The van der Waals surface area contributed by atoms with E-state index in [9.17, 15) is 0 Å². The Bertz CT molecular complexity index is 813. The van der Waals surface area contributed by atoms with Crippen molar-refractivity contribution in [3.63, 3.8) is 0 Å². The Morgan fingerprint density at radius 1 is 1.05 bits per heavy atom. The SMILES string of the molecule is COCCOc1ccc(-n2ccc3cc(C#N)ccc32)cc1. The molecule has 0 N–H and O–H groups in total. The molecule has 0 saturated carbocycles. The van der Waals surface area contributed by atoms with Crippen LogP contribution in [0.1, 0.15) is 5.56 Å². The first-order valence-corrected chi connectivity index (χ1v) is 7.05. The van der Waals surface area contributed by atoms with E-state index in [0.717, 1.165) is 22.3 Å². The van der Waals surface area contributed by atoms with Crippen LogP contribution in [0.25, 0.3) is 16.6 Å². The van der Waals surface area contributed by atoms with Crippen molar-refractivity contribution in [1.29, 1.82) is 5.26 Å². The maximum absolute atomic E-state index is 8.96. The number of ether oxygens (including phenoxy) is 2. The standard InChI is InChI=1S/C18H16N2O2/c1-21-10-11-22-17-5-3-16(4-6-17)20-9-8-15-12-14(13-19)2-7-18(15)20/h2-9,12H,10-11H2,1H3. The maximum Gasteiger partial charge on any atom is 0.119 e. The number of nitrogens with zero attached hydrogens (tertiary/aromatic N) is 2. The normalized spacial score (nSPS) is 10.5. The third-order valence-electron chi connectivity index (χ3n) is 3.49. The van der Waals surface area contributed by atoms with Gasteiger partial charge in [0.1, 0.15) is 12.4 Å². The van der Waals surface area contributed by atoms with Crippen LogP contribution in [0.3, 0.4) is 0 Å². The Kier molecular flexibility index (Phi) is 4.08. The third-order valence-corrected chi connectivity index (χ3v) is 3.49. The van der Waals surface area contributed by atoms with Gasteiger partial charge in [-0.15, -0.1) is 0 Å². The highest BCUT2D eigenvalue weighted by Gasteiger charge is 2.04. The summed E-state index contributed by atoms with van der Waals surface area (Å²) in [6.07, 6.45) is 2.01. The lowest BCUT2D eigenvalue weighted by molar-refractivity contribution is 0.146. The van der Waals surface area contributed by atoms with Gasteiger partial charge in [-0.3, -0.25) is 0 Å². The molecule has 0 aliphatic carbocycles. The maximum atomic E-state index is 8.96. The Balaban J connectivity index is 1.86. The summed E-state index contributed by atoms with van der Waals surface area (Å²) in [5.41, 5.74) is 2.80. The van der Waals surface area contributed by atoms with Gasteiger partial charge in [-0.1, -0.05) is 0 Å². The number of hydrogen-bond acceptors (Lipinski definition) is 3. The molecule has 0 fully saturated rings. The molecule has 0 unspecified atom stereocenters. The van der Waals surface area contributed by atoms with Crippen molar-refractivity contribution >= 4 is 10.9 Å². The van der Waals surface area contributed by atoms with Crippen LogP contribution in [0.2, 0.25) is 0 Å². The molecule has 3 rings (SSSR count). The largest absolute Gasteiger partial charge is 0.491 e. The average molecular weight is 292 g/mol. The van der Waals surface area contributed by atoms with Crippen LogP contribution in [-0.4, -0.2) is 24.9 Å². The molecular weight excluding hydrogens is 276 g/mol. The highest BCUT2D eigenvalue weighted by Crippen LogP contribution is 2.23. The van der Waals surface area contributed by atoms with Gasteiger partial charge in [0.05, 0.1) is 23.8 Å². The average Bonchev–Trinajstić information content (AvgIpc) is 2.98. The first kappa shape index (κ1) is 14.2. The number of hydrogen-bond donors (Lipinski definition) is 0. The van der Waals surface area contributed by atoms with E-state index in [0.29, 0.717) is 18.8 Å². The summed E-state index contributed by atoms with van der Waals surface area (Å²) in [6.45, 7) is 1.12. The molecule has 4 heteroatoms. The van der Waals surface area contributed by atoms with Crippen molar-refractivity contribution in [3.8, 4) is 17.5 Å². The number of rotatable bonds is 5. The molecule has 0 radical (unpaired) electrons. The first-order valence-electron chi connectivity index (χ1n) is 7.05. The molecule has 1 aromatic heterocycles. The second-order valence-corrected chi connectivity index (χ2v) is 4.91. The minimum atomic E-state index is 0.541. The molecule has 0 amide bonds.